The zero-order chi connectivity index (χ0) is 27.0. The Hall–Kier alpha value is -4.22. The van der Waals surface area contributed by atoms with E-state index >= 15 is 0 Å². The average Bonchev–Trinajstić information content (AvgIpc) is 3.74. The van der Waals surface area contributed by atoms with Crippen LogP contribution in [0, 0.1) is 6.92 Å². The lowest BCUT2D eigenvalue weighted by Gasteiger charge is -2.23. The lowest BCUT2D eigenvalue weighted by Crippen LogP contribution is -2.35. The Morgan fingerprint density at radius 1 is 1.13 bits per heavy atom. The number of carbonyl (C=O) groups excluding carboxylic acids is 1. The summed E-state index contributed by atoms with van der Waals surface area (Å²) in [6.07, 6.45) is 3.56. The normalized spacial score (nSPS) is 16.9. The van der Waals surface area contributed by atoms with E-state index in [0.29, 0.717) is 35.5 Å². The van der Waals surface area contributed by atoms with Crippen LogP contribution in [0.15, 0.2) is 69.1 Å². The molecule has 1 aliphatic heterocycles. The third-order valence-electron chi connectivity index (χ3n) is 6.80. The van der Waals surface area contributed by atoms with Crippen molar-refractivity contribution in [3.05, 3.63) is 88.0 Å². The highest BCUT2D eigenvalue weighted by Crippen LogP contribution is 2.36. The zero-order valence-electron chi connectivity index (χ0n) is 21.6. The van der Waals surface area contributed by atoms with E-state index in [0.717, 1.165) is 29.1 Å². The van der Waals surface area contributed by atoms with Crippen LogP contribution in [0.25, 0.3) is 22.9 Å². The van der Waals surface area contributed by atoms with Gasteiger partial charge in [0.25, 0.3) is 5.91 Å². The Bertz CT molecular complexity index is 1590. The fourth-order valence-corrected chi connectivity index (χ4v) is 5.86. The van der Waals surface area contributed by atoms with Crippen molar-refractivity contribution in [3.8, 4) is 22.9 Å². The third-order valence-corrected chi connectivity index (χ3v) is 7.86. The Labute approximate surface area is 228 Å². The van der Waals surface area contributed by atoms with Crippen LogP contribution in [0.5, 0.6) is 0 Å². The van der Waals surface area contributed by atoms with Gasteiger partial charge < -0.3 is 19.5 Å². The highest BCUT2D eigenvalue weighted by atomic mass is 32.1. The molecule has 3 aromatic heterocycles. The second-order valence-corrected chi connectivity index (χ2v) is 10.9. The number of aryl methyl sites for hydroxylation is 1. The Morgan fingerprint density at radius 2 is 1.92 bits per heavy atom. The van der Waals surface area contributed by atoms with Crippen LogP contribution < -0.4 is 5.73 Å². The minimum absolute atomic E-state index is 0.0577. The van der Waals surface area contributed by atoms with E-state index in [1.807, 2.05) is 54.5 Å². The van der Waals surface area contributed by atoms with Crippen LogP contribution in [0.2, 0.25) is 0 Å². The third kappa shape index (κ3) is 5.10. The molecular formula is C28H27N7O3S. The number of hydrogen-bond donors (Lipinski definition) is 1. The molecule has 1 fully saturated rings. The van der Waals surface area contributed by atoms with Crippen molar-refractivity contribution in [2.75, 3.05) is 6.54 Å². The molecule has 2 N–H and O–H groups in total. The van der Waals surface area contributed by atoms with Gasteiger partial charge in [-0.25, -0.2) is 4.98 Å². The van der Waals surface area contributed by atoms with Crippen LogP contribution in [0.4, 0.5) is 0 Å². The monoisotopic (exact) mass is 541 g/mol. The lowest BCUT2D eigenvalue weighted by atomic mass is 9.94. The van der Waals surface area contributed by atoms with Crippen molar-refractivity contribution in [3.63, 3.8) is 0 Å². The topological polar surface area (TPSA) is 137 Å². The Kier molecular flexibility index (Phi) is 6.53. The Balaban J connectivity index is 1.35. The second-order valence-electron chi connectivity index (χ2n) is 10.0. The van der Waals surface area contributed by atoms with Gasteiger partial charge in [0.05, 0.1) is 11.6 Å². The summed E-state index contributed by atoms with van der Waals surface area (Å²) in [5, 5.41) is 19.4. The largest absolute Gasteiger partial charge is 0.423 e. The number of likely N-dealkylation sites (tertiary alicyclic amines) is 1. The number of nitrogens with two attached hydrogens (primary N) is 1. The maximum absolute atomic E-state index is 13.9. The number of thiazole rings is 1. The number of hydrogen-bond acceptors (Lipinski definition) is 10. The summed E-state index contributed by atoms with van der Waals surface area (Å²) in [4.78, 5) is 20.4. The summed E-state index contributed by atoms with van der Waals surface area (Å²) in [6, 6.07) is 15.1. The van der Waals surface area contributed by atoms with E-state index in [1.54, 1.807) is 29.5 Å². The number of rotatable bonds is 7. The lowest BCUT2D eigenvalue weighted by molar-refractivity contribution is 0.0735. The maximum atomic E-state index is 13.9. The average molecular weight is 542 g/mol. The van der Waals surface area contributed by atoms with E-state index in [2.05, 4.69) is 25.4 Å². The van der Waals surface area contributed by atoms with Gasteiger partial charge in [0.15, 0.2) is 0 Å². The second kappa shape index (κ2) is 10.2. The molecule has 6 rings (SSSR count). The summed E-state index contributed by atoms with van der Waals surface area (Å²) in [5.74, 6) is 0.724. The van der Waals surface area contributed by atoms with Crippen LogP contribution >= 0.6 is 11.3 Å². The summed E-state index contributed by atoms with van der Waals surface area (Å²) < 4.78 is 11.5. The minimum atomic E-state index is -0.885. The van der Waals surface area contributed by atoms with E-state index in [4.69, 9.17) is 14.6 Å². The fourth-order valence-electron chi connectivity index (χ4n) is 4.92. The van der Waals surface area contributed by atoms with Gasteiger partial charge >= 0.3 is 0 Å². The van der Waals surface area contributed by atoms with E-state index < -0.39 is 5.54 Å². The van der Waals surface area contributed by atoms with Crippen LogP contribution in [0.3, 0.4) is 0 Å². The predicted octanol–water partition coefficient (Wildman–Crippen LogP) is 4.95. The predicted molar refractivity (Wildman–Crippen MR) is 145 cm³/mol. The number of aromatic nitrogens is 5. The molecule has 2 unspecified atom stereocenters. The number of nitrogens with zero attached hydrogens (tertiary/aromatic N) is 6. The first-order valence-corrected chi connectivity index (χ1v) is 13.6. The van der Waals surface area contributed by atoms with Crippen molar-refractivity contribution in [1.29, 1.82) is 0 Å². The quantitative estimate of drug-likeness (QED) is 0.303. The molecule has 39 heavy (non-hydrogen) atoms. The van der Waals surface area contributed by atoms with Crippen molar-refractivity contribution in [1.82, 2.24) is 30.3 Å². The summed E-state index contributed by atoms with van der Waals surface area (Å²) in [6.45, 7) is 4.47. The molecular weight excluding hydrogens is 514 g/mol. The molecule has 1 aliphatic rings. The standard InChI is InChI=1S/C28H27N7O3S/c1-17-15-39-25(31-17)22-9-6-10-35(22)26(36)21-12-19(23-32-30-16-37-23)11-20(13-21)24-33-34-27(38-24)28(2,29)14-18-7-4-3-5-8-18/h3-5,7-8,11-13,15-16,22H,6,9-10,14,29H2,1-2H3. The molecule has 1 amide bonds. The highest BCUT2D eigenvalue weighted by molar-refractivity contribution is 7.09. The molecule has 0 saturated carbocycles. The molecule has 2 aromatic carbocycles. The van der Waals surface area contributed by atoms with Gasteiger partial charge in [-0.15, -0.1) is 31.7 Å². The van der Waals surface area contributed by atoms with Gasteiger partial charge in [-0.05, 0) is 56.9 Å². The first kappa shape index (κ1) is 25.1. The first-order valence-electron chi connectivity index (χ1n) is 12.7. The molecule has 4 heterocycles. The van der Waals surface area contributed by atoms with Crippen molar-refractivity contribution >= 4 is 17.2 Å². The van der Waals surface area contributed by atoms with E-state index in [9.17, 15) is 4.79 Å². The molecule has 0 radical (unpaired) electrons. The fraction of sp³-hybridized carbons (Fsp3) is 0.286. The number of carbonyl (C=O) groups is 1. The van der Waals surface area contributed by atoms with Gasteiger partial charge in [-0.2, -0.15) is 0 Å². The molecule has 0 aliphatic carbocycles. The molecule has 198 valence electrons. The minimum Gasteiger partial charge on any atom is -0.423 e. The van der Waals surface area contributed by atoms with Gasteiger partial charge in [0, 0.05) is 34.3 Å². The van der Waals surface area contributed by atoms with Crippen molar-refractivity contribution in [2.24, 2.45) is 5.73 Å². The van der Waals surface area contributed by atoms with Crippen LogP contribution in [0.1, 0.15) is 58.3 Å². The van der Waals surface area contributed by atoms with Gasteiger partial charge in [-0.1, -0.05) is 30.3 Å². The molecule has 11 heteroatoms. The van der Waals surface area contributed by atoms with E-state index in [1.165, 1.54) is 6.39 Å². The summed E-state index contributed by atoms with van der Waals surface area (Å²) >= 11 is 1.59. The first-order chi connectivity index (χ1) is 18.9. The molecule has 5 aromatic rings. The highest BCUT2D eigenvalue weighted by Gasteiger charge is 2.34. The molecule has 1 saturated heterocycles. The summed E-state index contributed by atoms with van der Waals surface area (Å²) in [7, 11) is 0. The van der Waals surface area contributed by atoms with Gasteiger partial charge in [-0.3, -0.25) is 4.79 Å². The van der Waals surface area contributed by atoms with Gasteiger partial charge in [0.2, 0.25) is 24.1 Å². The Morgan fingerprint density at radius 3 is 2.64 bits per heavy atom. The SMILES string of the molecule is Cc1csc(C2CCCN2C(=O)c2cc(-c3nnco3)cc(-c3nnc(C(C)(N)Cc4ccccc4)o3)c2)n1. The van der Waals surface area contributed by atoms with Gasteiger partial charge in [0.1, 0.15) is 5.01 Å². The molecule has 0 spiro atoms. The van der Waals surface area contributed by atoms with Crippen molar-refractivity contribution < 1.29 is 13.6 Å². The number of benzene rings is 2. The summed E-state index contributed by atoms with van der Waals surface area (Å²) in [5.41, 5.74) is 9.34. The van der Waals surface area contributed by atoms with E-state index in [-0.39, 0.29) is 23.7 Å². The molecule has 0 bridgehead atoms. The van der Waals surface area contributed by atoms with Crippen LogP contribution in [-0.2, 0) is 12.0 Å². The number of amides is 1. The molecule has 2 atom stereocenters. The smallest absolute Gasteiger partial charge is 0.254 e. The maximum Gasteiger partial charge on any atom is 0.254 e. The van der Waals surface area contributed by atoms with Crippen molar-refractivity contribution in [2.45, 2.75) is 44.7 Å². The zero-order valence-corrected chi connectivity index (χ0v) is 22.4. The molecule has 10 nitrogen and oxygen atoms in total. The van der Waals surface area contributed by atoms with Crippen LogP contribution in [-0.4, -0.2) is 42.7 Å².